The molecule has 0 saturated heterocycles. The van der Waals surface area contributed by atoms with Crippen molar-refractivity contribution in [3.8, 4) is 0 Å². The van der Waals surface area contributed by atoms with Crippen LogP contribution < -0.4 is 16.4 Å². The highest BCUT2D eigenvalue weighted by Gasteiger charge is 2.13. The van der Waals surface area contributed by atoms with Crippen molar-refractivity contribution in [2.45, 2.75) is 26.3 Å². The van der Waals surface area contributed by atoms with E-state index in [9.17, 15) is 9.59 Å². The second-order valence-corrected chi connectivity index (χ2v) is 5.18. The number of amides is 2. The van der Waals surface area contributed by atoms with Gasteiger partial charge < -0.3 is 16.4 Å². The summed E-state index contributed by atoms with van der Waals surface area (Å²) in [6.07, 6.45) is 0.828. The Bertz CT molecular complexity index is 432. The molecular weight excluding hydrogens is 254 g/mol. The molecule has 0 aliphatic carbocycles. The Kier molecular flexibility index (Phi) is 6.73. The topological polar surface area (TPSA) is 84.2 Å². The van der Waals surface area contributed by atoms with Crippen LogP contribution in [-0.4, -0.2) is 30.9 Å². The number of rotatable bonds is 7. The van der Waals surface area contributed by atoms with Gasteiger partial charge in [0.25, 0.3) is 5.91 Å². The second-order valence-electron chi connectivity index (χ2n) is 5.18. The van der Waals surface area contributed by atoms with Gasteiger partial charge in [0, 0.05) is 18.2 Å². The molecule has 0 spiro atoms. The minimum atomic E-state index is -0.256. The molecule has 2 amide bonds. The first kappa shape index (κ1) is 16.2. The minimum Gasteiger partial charge on any atom is -0.351 e. The third-order valence-corrected chi connectivity index (χ3v) is 2.85. The maximum atomic E-state index is 11.8. The fourth-order valence-electron chi connectivity index (χ4n) is 1.91. The third kappa shape index (κ3) is 5.84. The monoisotopic (exact) mass is 277 g/mol. The van der Waals surface area contributed by atoms with E-state index in [2.05, 4.69) is 24.5 Å². The molecule has 0 aliphatic heterocycles. The zero-order chi connectivity index (χ0) is 15.0. The van der Waals surface area contributed by atoms with Gasteiger partial charge in [-0.15, -0.1) is 0 Å². The average Bonchev–Trinajstić information content (AvgIpc) is 2.44. The molecule has 1 atom stereocenters. The van der Waals surface area contributed by atoms with Gasteiger partial charge in [-0.3, -0.25) is 9.59 Å². The summed E-state index contributed by atoms with van der Waals surface area (Å²) >= 11 is 0. The number of benzene rings is 1. The molecule has 110 valence electrons. The number of nitrogens with two attached hydrogens (primary N) is 1. The summed E-state index contributed by atoms with van der Waals surface area (Å²) in [5.74, 6) is -0.0120. The van der Waals surface area contributed by atoms with E-state index in [1.807, 2.05) is 6.07 Å². The highest BCUT2D eigenvalue weighted by molar-refractivity contribution is 5.96. The van der Waals surface area contributed by atoms with E-state index in [1.54, 1.807) is 24.3 Å². The van der Waals surface area contributed by atoms with Gasteiger partial charge in [0.15, 0.2) is 0 Å². The van der Waals surface area contributed by atoms with Crippen LogP contribution in [0.5, 0.6) is 0 Å². The molecule has 1 rings (SSSR count). The molecular formula is C15H23N3O2. The highest BCUT2D eigenvalue weighted by atomic mass is 16.2. The lowest BCUT2D eigenvalue weighted by atomic mass is 10.0. The van der Waals surface area contributed by atoms with E-state index < -0.39 is 0 Å². The molecule has 0 radical (unpaired) electrons. The zero-order valence-electron chi connectivity index (χ0n) is 12.1. The summed E-state index contributed by atoms with van der Waals surface area (Å²) in [6.45, 7) is 4.51. The first-order chi connectivity index (χ1) is 9.52. The van der Waals surface area contributed by atoms with Crippen LogP contribution in [0.3, 0.4) is 0 Å². The van der Waals surface area contributed by atoms with Gasteiger partial charge in [0.05, 0.1) is 6.54 Å². The van der Waals surface area contributed by atoms with Gasteiger partial charge in [-0.05, 0) is 24.5 Å². The molecule has 1 aromatic rings. The Hall–Kier alpha value is -1.88. The van der Waals surface area contributed by atoms with E-state index in [1.165, 1.54) is 0 Å². The summed E-state index contributed by atoms with van der Waals surface area (Å²) in [7, 11) is 0. The van der Waals surface area contributed by atoms with Crippen LogP contribution in [0.1, 0.15) is 30.6 Å². The average molecular weight is 277 g/mol. The van der Waals surface area contributed by atoms with Crippen molar-refractivity contribution in [1.29, 1.82) is 0 Å². The molecule has 0 aliphatic rings. The van der Waals surface area contributed by atoms with Crippen LogP contribution in [-0.2, 0) is 4.79 Å². The van der Waals surface area contributed by atoms with Crippen LogP contribution in [0.4, 0.5) is 0 Å². The molecule has 0 aromatic heterocycles. The van der Waals surface area contributed by atoms with E-state index in [0.717, 1.165) is 6.42 Å². The van der Waals surface area contributed by atoms with E-state index >= 15 is 0 Å². The summed E-state index contributed by atoms with van der Waals surface area (Å²) in [6, 6.07) is 8.76. The van der Waals surface area contributed by atoms with Gasteiger partial charge in [0.1, 0.15) is 0 Å². The lowest BCUT2D eigenvalue weighted by molar-refractivity contribution is -0.120. The van der Waals surface area contributed by atoms with Crippen molar-refractivity contribution in [2.75, 3.05) is 13.1 Å². The smallest absolute Gasteiger partial charge is 0.251 e. The van der Waals surface area contributed by atoms with E-state index in [4.69, 9.17) is 5.73 Å². The Balaban J connectivity index is 2.37. The molecule has 1 unspecified atom stereocenters. The highest BCUT2D eigenvalue weighted by Crippen LogP contribution is 2.03. The quantitative estimate of drug-likeness (QED) is 0.692. The molecule has 0 bridgehead atoms. The number of carbonyl (C=O) groups excluding carboxylic acids is 2. The summed E-state index contributed by atoms with van der Waals surface area (Å²) in [4.78, 5) is 23.5. The van der Waals surface area contributed by atoms with Gasteiger partial charge in [-0.25, -0.2) is 0 Å². The molecule has 1 aromatic carbocycles. The molecule has 0 saturated carbocycles. The minimum absolute atomic E-state index is 0.0394. The van der Waals surface area contributed by atoms with Crippen LogP contribution in [0, 0.1) is 5.92 Å². The number of hydrogen-bond donors (Lipinski definition) is 3. The summed E-state index contributed by atoms with van der Waals surface area (Å²) < 4.78 is 0. The number of carbonyl (C=O) groups is 2. The number of nitrogens with one attached hydrogen (secondary N) is 2. The van der Waals surface area contributed by atoms with E-state index in [0.29, 0.717) is 18.0 Å². The van der Waals surface area contributed by atoms with Crippen molar-refractivity contribution in [3.63, 3.8) is 0 Å². The predicted octanol–water partition coefficient (Wildman–Crippen LogP) is 0.906. The lowest BCUT2D eigenvalue weighted by Crippen LogP contribution is -2.45. The molecule has 5 nitrogen and oxygen atoms in total. The van der Waals surface area contributed by atoms with Gasteiger partial charge >= 0.3 is 0 Å². The van der Waals surface area contributed by atoms with Crippen molar-refractivity contribution in [2.24, 2.45) is 11.7 Å². The molecule has 0 fully saturated rings. The Morgan fingerprint density at radius 3 is 2.40 bits per heavy atom. The Morgan fingerprint density at radius 1 is 1.20 bits per heavy atom. The summed E-state index contributed by atoms with van der Waals surface area (Å²) in [5.41, 5.74) is 6.15. The maximum Gasteiger partial charge on any atom is 0.251 e. The van der Waals surface area contributed by atoms with Gasteiger partial charge in [-0.2, -0.15) is 0 Å². The fraction of sp³-hybridized carbons (Fsp3) is 0.467. The largest absolute Gasteiger partial charge is 0.351 e. The third-order valence-electron chi connectivity index (χ3n) is 2.85. The Morgan fingerprint density at radius 2 is 1.85 bits per heavy atom. The zero-order valence-corrected chi connectivity index (χ0v) is 12.1. The van der Waals surface area contributed by atoms with Crippen LogP contribution in [0.25, 0.3) is 0 Å². The lowest BCUT2D eigenvalue weighted by Gasteiger charge is -2.18. The predicted molar refractivity (Wildman–Crippen MR) is 79.2 cm³/mol. The standard InChI is InChI=1S/C15H23N3O2/c1-11(2)8-13(9-16)18-14(19)10-17-15(20)12-6-4-3-5-7-12/h3-7,11,13H,8-10,16H2,1-2H3,(H,17,20)(H,18,19). The van der Waals surface area contributed by atoms with Crippen molar-refractivity contribution < 1.29 is 9.59 Å². The first-order valence-corrected chi connectivity index (χ1v) is 6.85. The van der Waals surface area contributed by atoms with Crippen LogP contribution >= 0.6 is 0 Å². The van der Waals surface area contributed by atoms with Gasteiger partial charge in [0.2, 0.25) is 5.91 Å². The SMILES string of the molecule is CC(C)CC(CN)NC(=O)CNC(=O)c1ccccc1. The maximum absolute atomic E-state index is 11.8. The number of hydrogen-bond acceptors (Lipinski definition) is 3. The van der Waals surface area contributed by atoms with E-state index in [-0.39, 0.29) is 24.4 Å². The first-order valence-electron chi connectivity index (χ1n) is 6.85. The fourth-order valence-corrected chi connectivity index (χ4v) is 1.91. The second kappa shape index (κ2) is 8.32. The molecule has 4 N–H and O–H groups in total. The van der Waals surface area contributed by atoms with Crippen molar-refractivity contribution >= 4 is 11.8 Å². The van der Waals surface area contributed by atoms with Crippen LogP contribution in [0.2, 0.25) is 0 Å². The van der Waals surface area contributed by atoms with Gasteiger partial charge in [-0.1, -0.05) is 32.0 Å². The Labute approximate surface area is 119 Å². The van der Waals surface area contributed by atoms with Crippen LogP contribution in [0.15, 0.2) is 30.3 Å². The molecule has 20 heavy (non-hydrogen) atoms. The summed E-state index contributed by atoms with van der Waals surface area (Å²) in [5, 5.41) is 5.42. The van der Waals surface area contributed by atoms with Crippen molar-refractivity contribution in [3.05, 3.63) is 35.9 Å². The molecule has 5 heteroatoms. The molecule has 0 heterocycles. The normalized spacial score (nSPS) is 12.0. The van der Waals surface area contributed by atoms with Crippen molar-refractivity contribution in [1.82, 2.24) is 10.6 Å².